The topological polar surface area (TPSA) is 50.2 Å². The monoisotopic (exact) mass is 398 g/mol. The standard InChI is InChI=1S/C19H26N4O.2ClH/c1-14-21-17-4-2-3-5-18(17)23(14)13-19(24)22-10-8-16(9-11-22)20-12-15-6-7-15;;/h2-5,15-16,20H,6-13H2,1H3;2*1H. The molecule has 7 heteroatoms. The Labute approximate surface area is 167 Å². The minimum atomic E-state index is 0. The van der Waals surface area contributed by atoms with Crippen LogP contribution in [0.4, 0.5) is 0 Å². The molecule has 2 aliphatic rings. The normalized spacial score (nSPS) is 17.7. The Morgan fingerprint density at radius 1 is 1.15 bits per heavy atom. The van der Waals surface area contributed by atoms with Crippen molar-refractivity contribution in [3.8, 4) is 0 Å². The molecule has 26 heavy (non-hydrogen) atoms. The van der Waals surface area contributed by atoms with E-state index < -0.39 is 0 Å². The summed E-state index contributed by atoms with van der Waals surface area (Å²) in [6.07, 6.45) is 4.93. The number of carbonyl (C=O) groups excluding carboxylic acids is 1. The summed E-state index contributed by atoms with van der Waals surface area (Å²) in [7, 11) is 0. The van der Waals surface area contributed by atoms with Crippen molar-refractivity contribution in [3.05, 3.63) is 30.1 Å². The van der Waals surface area contributed by atoms with Crippen molar-refractivity contribution in [2.24, 2.45) is 5.92 Å². The molecule has 1 amide bonds. The molecule has 0 spiro atoms. The molecule has 1 aromatic carbocycles. The molecule has 2 aromatic rings. The maximum absolute atomic E-state index is 12.7. The molecule has 1 aliphatic carbocycles. The van der Waals surface area contributed by atoms with Crippen molar-refractivity contribution in [2.45, 2.75) is 45.2 Å². The number of carbonyl (C=O) groups is 1. The molecule has 1 saturated carbocycles. The number of hydrogen-bond donors (Lipinski definition) is 1. The van der Waals surface area contributed by atoms with Gasteiger partial charge in [-0.3, -0.25) is 4.79 Å². The van der Waals surface area contributed by atoms with E-state index >= 15 is 0 Å². The van der Waals surface area contributed by atoms with Crippen LogP contribution in [0.15, 0.2) is 24.3 Å². The number of nitrogens with zero attached hydrogens (tertiary/aromatic N) is 3. The van der Waals surface area contributed by atoms with Crippen molar-refractivity contribution < 1.29 is 4.79 Å². The summed E-state index contributed by atoms with van der Waals surface area (Å²) in [6.45, 7) is 5.27. The first-order valence-corrected chi connectivity index (χ1v) is 9.14. The number of aryl methyl sites for hydroxylation is 1. The highest BCUT2D eigenvalue weighted by Crippen LogP contribution is 2.28. The van der Waals surface area contributed by atoms with Crippen LogP contribution in [0, 0.1) is 12.8 Å². The number of benzene rings is 1. The van der Waals surface area contributed by atoms with Crippen molar-refractivity contribution in [2.75, 3.05) is 19.6 Å². The van der Waals surface area contributed by atoms with Gasteiger partial charge in [-0.25, -0.2) is 4.98 Å². The van der Waals surface area contributed by atoms with E-state index in [9.17, 15) is 4.79 Å². The second-order valence-electron chi connectivity index (χ2n) is 7.24. The fourth-order valence-corrected chi connectivity index (χ4v) is 3.62. The molecule has 4 rings (SSSR count). The van der Waals surface area contributed by atoms with E-state index in [0.29, 0.717) is 12.6 Å². The van der Waals surface area contributed by atoms with Crippen LogP contribution >= 0.6 is 24.8 Å². The maximum Gasteiger partial charge on any atom is 0.242 e. The van der Waals surface area contributed by atoms with E-state index in [0.717, 1.165) is 48.7 Å². The first-order valence-electron chi connectivity index (χ1n) is 9.14. The number of aromatic nitrogens is 2. The quantitative estimate of drug-likeness (QED) is 0.840. The van der Waals surface area contributed by atoms with Crippen LogP contribution in [0.3, 0.4) is 0 Å². The number of amides is 1. The van der Waals surface area contributed by atoms with Gasteiger partial charge in [0, 0.05) is 19.1 Å². The first kappa shape index (κ1) is 21.0. The summed E-state index contributed by atoms with van der Waals surface area (Å²) in [5.74, 6) is 2.04. The summed E-state index contributed by atoms with van der Waals surface area (Å²) < 4.78 is 2.04. The Morgan fingerprint density at radius 2 is 1.85 bits per heavy atom. The van der Waals surface area contributed by atoms with Gasteiger partial charge in [-0.2, -0.15) is 0 Å². The molecule has 0 bridgehead atoms. The highest BCUT2D eigenvalue weighted by Gasteiger charge is 2.26. The zero-order valence-electron chi connectivity index (χ0n) is 15.2. The van der Waals surface area contributed by atoms with Gasteiger partial charge in [0.25, 0.3) is 0 Å². The van der Waals surface area contributed by atoms with E-state index in [-0.39, 0.29) is 30.7 Å². The largest absolute Gasteiger partial charge is 0.341 e. The Kier molecular flexibility index (Phi) is 7.33. The number of fused-ring (bicyclic) bond motifs is 1. The Hall–Kier alpha value is -1.30. The van der Waals surface area contributed by atoms with E-state index in [4.69, 9.17) is 0 Å². The molecule has 1 aliphatic heterocycles. The molecular formula is C19H28Cl2N4O. The van der Waals surface area contributed by atoms with Gasteiger partial charge in [-0.05, 0) is 57.2 Å². The lowest BCUT2D eigenvalue weighted by molar-refractivity contribution is -0.132. The number of halogens is 2. The molecule has 0 radical (unpaired) electrons. The summed E-state index contributed by atoms with van der Waals surface area (Å²) in [5.41, 5.74) is 2.01. The van der Waals surface area contributed by atoms with E-state index in [1.165, 1.54) is 19.4 Å². The molecule has 1 saturated heterocycles. The molecule has 2 fully saturated rings. The minimum absolute atomic E-state index is 0. The van der Waals surface area contributed by atoms with Gasteiger partial charge in [0.15, 0.2) is 0 Å². The van der Waals surface area contributed by atoms with Gasteiger partial charge in [-0.1, -0.05) is 12.1 Å². The molecule has 5 nitrogen and oxygen atoms in total. The zero-order valence-corrected chi connectivity index (χ0v) is 16.8. The molecular weight excluding hydrogens is 371 g/mol. The van der Waals surface area contributed by atoms with Crippen LogP contribution in [0.2, 0.25) is 0 Å². The number of para-hydroxylation sites is 2. The van der Waals surface area contributed by atoms with E-state index in [1.807, 2.05) is 40.7 Å². The molecule has 0 atom stereocenters. The molecule has 2 heterocycles. The average molecular weight is 399 g/mol. The Balaban J connectivity index is 0.00000121. The molecule has 1 N–H and O–H groups in total. The van der Waals surface area contributed by atoms with Crippen LogP contribution in [-0.2, 0) is 11.3 Å². The highest BCUT2D eigenvalue weighted by molar-refractivity contribution is 5.85. The number of likely N-dealkylation sites (tertiary alicyclic amines) is 1. The second-order valence-corrected chi connectivity index (χ2v) is 7.24. The predicted octanol–water partition coefficient (Wildman–Crippen LogP) is 3.18. The lowest BCUT2D eigenvalue weighted by Gasteiger charge is -2.32. The Bertz CT molecular complexity index is 736. The number of imidazole rings is 1. The second kappa shape index (κ2) is 9.07. The number of nitrogens with one attached hydrogen (secondary N) is 1. The van der Waals surface area contributed by atoms with Crippen LogP contribution in [0.25, 0.3) is 11.0 Å². The molecule has 144 valence electrons. The number of hydrogen-bond acceptors (Lipinski definition) is 3. The third-order valence-electron chi connectivity index (χ3n) is 5.38. The summed E-state index contributed by atoms with van der Waals surface area (Å²) in [4.78, 5) is 19.3. The van der Waals surface area contributed by atoms with Crippen molar-refractivity contribution in [1.29, 1.82) is 0 Å². The van der Waals surface area contributed by atoms with Gasteiger partial charge in [0.2, 0.25) is 5.91 Å². The van der Waals surface area contributed by atoms with Gasteiger partial charge >= 0.3 is 0 Å². The Morgan fingerprint density at radius 3 is 2.54 bits per heavy atom. The lowest BCUT2D eigenvalue weighted by Crippen LogP contribution is -2.46. The zero-order chi connectivity index (χ0) is 16.5. The van der Waals surface area contributed by atoms with Crippen LogP contribution in [-0.4, -0.2) is 46.0 Å². The summed E-state index contributed by atoms with van der Waals surface area (Å²) >= 11 is 0. The molecule has 0 unspecified atom stereocenters. The minimum Gasteiger partial charge on any atom is -0.341 e. The highest BCUT2D eigenvalue weighted by atomic mass is 35.5. The van der Waals surface area contributed by atoms with E-state index in [2.05, 4.69) is 10.3 Å². The van der Waals surface area contributed by atoms with Crippen LogP contribution in [0.5, 0.6) is 0 Å². The maximum atomic E-state index is 12.7. The van der Waals surface area contributed by atoms with E-state index in [1.54, 1.807) is 0 Å². The fourth-order valence-electron chi connectivity index (χ4n) is 3.62. The smallest absolute Gasteiger partial charge is 0.242 e. The predicted molar refractivity (Wildman–Crippen MR) is 109 cm³/mol. The first-order chi connectivity index (χ1) is 11.7. The lowest BCUT2D eigenvalue weighted by atomic mass is 10.0. The third-order valence-corrected chi connectivity index (χ3v) is 5.38. The van der Waals surface area contributed by atoms with Crippen molar-refractivity contribution in [1.82, 2.24) is 19.8 Å². The number of rotatable bonds is 5. The third kappa shape index (κ3) is 4.70. The summed E-state index contributed by atoms with van der Waals surface area (Å²) in [5, 5.41) is 3.67. The van der Waals surface area contributed by atoms with Gasteiger partial charge < -0.3 is 14.8 Å². The van der Waals surface area contributed by atoms with Crippen molar-refractivity contribution in [3.63, 3.8) is 0 Å². The van der Waals surface area contributed by atoms with Crippen LogP contribution < -0.4 is 5.32 Å². The van der Waals surface area contributed by atoms with Crippen LogP contribution in [0.1, 0.15) is 31.5 Å². The summed E-state index contributed by atoms with van der Waals surface area (Å²) in [6, 6.07) is 8.61. The molecule has 1 aromatic heterocycles. The average Bonchev–Trinajstić information content (AvgIpc) is 3.38. The fraction of sp³-hybridized carbons (Fsp3) is 0.579. The van der Waals surface area contributed by atoms with Gasteiger partial charge in [-0.15, -0.1) is 24.8 Å². The van der Waals surface area contributed by atoms with Crippen molar-refractivity contribution >= 4 is 41.8 Å². The number of piperidine rings is 1. The van der Waals surface area contributed by atoms with Gasteiger partial charge in [0.1, 0.15) is 12.4 Å². The van der Waals surface area contributed by atoms with Gasteiger partial charge in [0.05, 0.1) is 11.0 Å². The SMILES string of the molecule is Cc1nc2ccccc2n1CC(=O)N1CCC(NCC2CC2)CC1.Cl.Cl.